The van der Waals surface area contributed by atoms with Crippen LogP contribution in [0.4, 0.5) is 0 Å². The third-order valence-electron chi connectivity index (χ3n) is 1.85. The molecule has 0 fully saturated rings. The highest BCUT2D eigenvalue weighted by molar-refractivity contribution is 5.38. The van der Waals surface area contributed by atoms with Crippen molar-refractivity contribution in [3.05, 3.63) is 42.7 Å². The van der Waals surface area contributed by atoms with Gasteiger partial charge in [0.15, 0.2) is 0 Å². The number of rotatable bonds is 3. The maximum Gasteiger partial charge on any atom is 0.121 e. The second-order valence-corrected chi connectivity index (χ2v) is 2.82. The van der Waals surface area contributed by atoms with E-state index in [1.165, 1.54) is 0 Å². The lowest BCUT2D eigenvalue weighted by Gasteiger charge is -2.05. The molecule has 0 amide bonds. The van der Waals surface area contributed by atoms with Gasteiger partial charge in [-0.3, -0.25) is 0 Å². The van der Waals surface area contributed by atoms with Crippen molar-refractivity contribution in [1.29, 1.82) is 0 Å². The van der Waals surface area contributed by atoms with Gasteiger partial charge in [0.05, 0.1) is 18.5 Å². The molecule has 14 heavy (non-hydrogen) atoms. The molecular formula is C11H11N2O. The van der Waals surface area contributed by atoms with Crippen LogP contribution in [0, 0.1) is 6.07 Å². The van der Waals surface area contributed by atoms with E-state index >= 15 is 0 Å². The maximum atomic E-state index is 5.39. The average Bonchev–Trinajstić information content (AvgIpc) is 2.71. The first kappa shape index (κ1) is 8.81. The van der Waals surface area contributed by atoms with Crippen molar-refractivity contribution >= 4 is 0 Å². The largest absolute Gasteiger partial charge is 0.494 e. The molecule has 0 aliphatic heterocycles. The highest BCUT2D eigenvalue weighted by Crippen LogP contribution is 2.15. The first-order chi connectivity index (χ1) is 6.90. The second-order valence-electron chi connectivity index (χ2n) is 2.82. The molecule has 1 aromatic heterocycles. The van der Waals surface area contributed by atoms with Crippen LogP contribution in [0.2, 0.25) is 0 Å². The number of nitrogens with zero attached hydrogens (tertiary/aromatic N) is 2. The lowest BCUT2D eigenvalue weighted by atomic mass is 10.3. The summed E-state index contributed by atoms with van der Waals surface area (Å²) in [7, 11) is 0. The van der Waals surface area contributed by atoms with Crippen LogP contribution < -0.4 is 4.74 Å². The zero-order chi connectivity index (χ0) is 9.80. The molecule has 0 spiro atoms. The monoisotopic (exact) mass is 187 g/mol. The van der Waals surface area contributed by atoms with Crippen molar-refractivity contribution in [1.82, 2.24) is 9.78 Å². The zero-order valence-electron chi connectivity index (χ0n) is 7.97. The normalized spacial score (nSPS) is 10.1. The van der Waals surface area contributed by atoms with Gasteiger partial charge in [-0.2, -0.15) is 5.10 Å². The predicted octanol–water partition coefficient (Wildman–Crippen LogP) is 2.07. The Balaban J connectivity index is 2.31. The van der Waals surface area contributed by atoms with Gasteiger partial charge in [0.2, 0.25) is 0 Å². The molecule has 0 saturated heterocycles. The maximum absolute atomic E-state index is 5.39. The molecule has 1 radical (unpaired) electrons. The van der Waals surface area contributed by atoms with Crippen LogP contribution in [0.5, 0.6) is 5.75 Å². The molecule has 2 rings (SSSR count). The van der Waals surface area contributed by atoms with E-state index in [-0.39, 0.29) is 0 Å². The third-order valence-corrected chi connectivity index (χ3v) is 1.85. The summed E-state index contributed by atoms with van der Waals surface area (Å²) in [6, 6.07) is 10.7. The molecule has 0 bridgehead atoms. The Labute approximate surface area is 82.9 Å². The predicted molar refractivity (Wildman–Crippen MR) is 53.6 cm³/mol. The van der Waals surface area contributed by atoms with E-state index < -0.39 is 0 Å². The fraction of sp³-hybridized carbons (Fsp3) is 0.182. The highest BCUT2D eigenvalue weighted by atomic mass is 16.5. The van der Waals surface area contributed by atoms with Crippen LogP contribution >= 0.6 is 0 Å². The third kappa shape index (κ3) is 1.76. The summed E-state index contributed by atoms with van der Waals surface area (Å²) in [6.45, 7) is 2.64. The van der Waals surface area contributed by atoms with E-state index in [0.717, 1.165) is 11.4 Å². The van der Waals surface area contributed by atoms with Crippen molar-refractivity contribution in [2.75, 3.05) is 6.61 Å². The van der Waals surface area contributed by atoms with Crippen LogP contribution in [-0.4, -0.2) is 16.4 Å². The van der Waals surface area contributed by atoms with Gasteiger partial charge in [-0.1, -0.05) is 6.07 Å². The summed E-state index contributed by atoms with van der Waals surface area (Å²) in [5.74, 6) is 0.862. The first-order valence-electron chi connectivity index (χ1n) is 4.54. The summed E-state index contributed by atoms with van der Waals surface area (Å²) in [4.78, 5) is 0. The van der Waals surface area contributed by atoms with Gasteiger partial charge in [-0.15, -0.1) is 0 Å². The fourth-order valence-corrected chi connectivity index (χ4v) is 1.26. The molecule has 0 atom stereocenters. The number of benzene rings is 1. The van der Waals surface area contributed by atoms with Crippen molar-refractivity contribution in [3.8, 4) is 11.4 Å². The number of aromatic nitrogens is 2. The van der Waals surface area contributed by atoms with Gasteiger partial charge < -0.3 is 4.74 Å². The highest BCUT2D eigenvalue weighted by Gasteiger charge is 1.97. The molecule has 0 unspecified atom stereocenters. The molecule has 3 heteroatoms. The summed E-state index contributed by atoms with van der Waals surface area (Å²) in [5.41, 5.74) is 0.984. The second kappa shape index (κ2) is 3.96. The van der Waals surface area contributed by atoms with Crippen molar-refractivity contribution in [2.24, 2.45) is 0 Å². The minimum absolute atomic E-state index is 0.675. The number of hydrogen-bond donors (Lipinski definition) is 0. The summed E-state index contributed by atoms with van der Waals surface area (Å²) < 4.78 is 7.15. The molecule has 0 N–H and O–H groups in total. The van der Waals surface area contributed by atoms with Gasteiger partial charge in [0.25, 0.3) is 0 Å². The van der Waals surface area contributed by atoms with Gasteiger partial charge in [0.1, 0.15) is 5.75 Å². The van der Waals surface area contributed by atoms with Crippen LogP contribution in [0.3, 0.4) is 0 Å². The zero-order valence-corrected chi connectivity index (χ0v) is 7.97. The van der Waals surface area contributed by atoms with Gasteiger partial charge >= 0.3 is 0 Å². The Kier molecular flexibility index (Phi) is 2.49. The van der Waals surface area contributed by atoms with Crippen LogP contribution in [0.1, 0.15) is 6.92 Å². The van der Waals surface area contributed by atoms with Gasteiger partial charge in [0, 0.05) is 18.3 Å². The van der Waals surface area contributed by atoms with E-state index in [2.05, 4.69) is 11.2 Å². The van der Waals surface area contributed by atoms with Crippen molar-refractivity contribution < 1.29 is 4.74 Å². The molecule has 1 heterocycles. The molecule has 0 aliphatic carbocycles. The number of hydrogen-bond acceptors (Lipinski definition) is 2. The van der Waals surface area contributed by atoms with E-state index in [9.17, 15) is 0 Å². The number of ether oxygens (including phenoxy) is 1. The van der Waals surface area contributed by atoms with Crippen LogP contribution in [0.15, 0.2) is 36.7 Å². The Hall–Kier alpha value is -1.77. The molecule has 3 nitrogen and oxygen atoms in total. The van der Waals surface area contributed by atoms with Crippen LogP contribution in [-0.2, 0) is 0 Å². The first-order valence-corrected chi connectivity index (χ1v) is 4.54. The lowest BCUT2D eigenvalue weighted by molar-refractivity contribution is 0.340. The van der Waals surface area contributed by atoms with Gasteiger partial charge in [-0.25, -0.2) is 4.68 Å². The SMILES string of the molecule is CCOc1cccc(-n2c[c]cn2)c1. The molecule has 2 aromatic rings. The lowest BCUT2D eigenvalue weighted by Crippen LogP contribution is -1.96. The minimum Gasteiger partial charge on any atom is -0.494 e. The van der Waals surface area contributed by atoms with E-state index in [1.807, 2.05) is 31.2 Å². The minimum atomic E-state index is 0.675. The Morgan fingerprint density at radius 2 is 2.43 bits per heavy atom. The van der Waals surface area contributed by atoms with E-state index in [1.54, 1.807) is 17.1 Å². The standard InChI is InChI=1S/C11H11N2O/c1-2-14-11-6-3-5-10(9-11)13-8-4-7-12-13/h3,5-9H,2H2,1H3. The Morgan fingerprint density at radius 3 is 3.14 bits per heavy atom. The summed E-state index contributed by atoms with van der Waals surface area (Å²) >= 11 is 0. The van der Waals surface area contributed by atoms with Crippen molar-refractivity contribution in [3.63, 3.8) is 0 Å². The van der Waals surface area contributed by atoms with E-state index in [4.69, 9.17) is 4.74 Å². The van der Waals surface area contributed by atoms with Gasteiger partial charge in [-0.05, 0) is 19.1 Å². The summed E-state index contributed by atoms with van der Waals surface area (Å²) in [6.07, 6.45) is 3.42. The van der Waals surface area contributed by atoms with Crippen LogP contribution in [0.25, 0.3) is 5.69 Å². The molecule has 0 saturated carbocycles. The summed E-state index contributed by atoms with van der Waals surface area (Å²) in [5, 5.41) is 4.09. The Morgan fingerprint density at radius 1 is 1.50 bits per heavy atom. The van der Waals surface area contributed by atoms with Crippen molar-refractivity contribution in [2.45, 2.75) is 6.92 Å². The fourth-order valence-electron chi connectivity index (χ4n) is 1.26. The molecule has 0 aliphatic rings. The topological polar surface area (TPSA) is 27.1 Å². The smallest absolute Gasteiger partial charge is 0.121 e. The molecular weight excluding hydrogens is 176 g/mol. The molecule has 71 valence electrons. The van der Waals surface area contributed by atoms with E-state index in [0.29, 0.717) is 6.61 Å². The Bertz CT molecular complexity index is 395. The molecule has 1 aromatic carbocycles. The average molecular weight is 187 g/mol. The quantitative estimate of drug-likeness (QED) is 0.735.